The van der Waals surface area contributed by atoms with Crippen molar-refractivity contribution >= 4 is 38.4 Å². The van der Waals surface area contributed by atoms with Crippen LogP contribution in [0.5, 0.6) is 0 Å². The second-order valence-corrected chi connectivity index (χ2v) is 9.30. The predicted molar refractivity (Wildman–Crippen MR) is 124 cm³/mol. The molecule has 1 aromatic heterocycles. The lowest BCUT2D eigenvalue weighted by Crippen LogP contribution is -2.34. The number of rotatable bonds is 7. The molecular weight excluding hydrogens is 426 g/mol. The maximum Gasteiger partial charge on any atom is 0.264 e. The van der Waals surface area contributed by atoms with Crippen molar-refractivity contribution in [3.8, 4) is 0 Å². The molecule has 0 saturated carbocycles. The van der Waals surface area contributed by atoms with Gasteiger partial charge in [0.1, 0.15) is 5.52 Å². The third-order valence-corrected chi connectivity index (χ3v) is 6.81. The normalized spacial score (nSPS) is 11.4. The number of aromatic nitrogens is 1. The summed E-state index contributed by atoms with van der Waals surface area (Å²) in [5, 5.41) is 2.81. The number of fused-ring (bicyclic) bond motifs is 1. The van der Waals surface area contributed by atoms with E-state index in [-0.39, 0.29) is 23.8 Å². The lowest BCUT2D eigenvalue weighted by atomic mass is 10.2. The fraction of sp³-hybridized carbons (Fsp3) is 0.167. The highest BCUT2D eigenvalue weighted by Gasteiger charge is 2.25. The van der Waals surface area contributed by atoms with Gasteiger partial charge in [-0.15, -0.1) is 0 Å². The third-order valence-electron chi connectivity index (χ3n) is 4.97. The Hall–Kier alpha value is -3.65. The van der Waals surface area contributed by atoms with Crippen molar-refractivity contribution in [2.45, 2.75) is 25.2 Å². The number of carbonyl (C=O) groups is 1. The van der Waals surface area contributed by atoms with Crippen molar-refractivity contribution in [3.05, 3.63) is 84.3 Å². The third kappa shape index (κ3) is 4.65. The molecule has 0 aliphatic rings. The molecule has 0 fully saturated rings. The summed E-state index contributed by atoms with van der Waals surface area (Å²) in [5.41, 5.74) is 3.32. The summed E-state index contributed by atoms with van der Waals surface area (Å²) < 4.78 is 33.4. The van der Waals surface area contributed by atoms with Gasteiger partial charge in [0.2, 0.25) is 5.91 Å². The molecule has 0 spiro atoms. The summed E-state index contributed by atoms with van der Waals surface area (Å²) in [6, 6.07) is 20.6. The molecule has 0 aliphatic carbocycles. The van der Waals surface area contributed by atoms with Crippen molar-refractivity contribution in [1.82, 2.24) is 4.98 Å². The van der Waals surface area contributed by atoms with Crippen LogP contribution in [-0.2, 0) is 14.8 Å². The van der Waals surface area contributed by atoms with E-state index in [1.807, 2.05) is 13.0 Å². The molecular formula is C24H23N3O4S. The first-order chi connectivity index (χ1) is 15.3. The second-order valence-electron chi connectivity index (χ2n) is 7.44. The first kappa shape index (κ1) is 21.6. The van der Waals surface area contributed by atoms with Gasteiger partial charge < -0.3 is 9.73 Å². The number of carbonyl (C=O) groups excluding carboxylic acids is 1. The van der Waals surface area contributed by atoms with Crippen LogP contribution in [0.1, 0.15) is 17.9 Å². The Morgan fingerprint density at radius 2 is 1.72 bits per heavy atom. The van der Waals surface area contributed by atoms with Crippen molar-refractivity contribution < 1.29 is 17.6 Å². The molecule has 4 aromatic rings. The molecule has 7 nitrogen and oxygen atoms in total. The highest BCUT2D eigenvalue weighted by Crippen LogP contribution is 2.25. The molecule has 0 bridgehead atoms. The number of sulfonamides is 1. The number of hydrogen-bond donors (Lipinski definition) is 1. The summed E-state index contributed by atoms with van der Waals surface area (Å²) in [6.45, 7) is 3.65. The molecule has 0 saturated heterocycles. The van der Waals surface area contributed by atoms with E-state index in [1.165, 1.54) is 4.31 Å². The summed E-state index contributed by atoms with van der Waals surface area (Å²) >= 11 is 0. The summed E-state index contributed by atoms with van der Waals surface area (Å²) in [5.74, 6) is 0.243. The zero-order chi connectivity index (χ0) is 22.7. The first-order valence-corrected chi connectivity index (χ1v) is 11.6. The molecule has 3 aromatic carbocycles. The van der Waals surface area contributed by atoms with Crippen molar-refractivity contribution in [3.63, 3.8) is 0 Å². The van der Waals surface area contributed by atoms with E-state index in [0.29, 0.717) is 28.4 Å². The number of amides is 1. The Morgan fingerprint density at radius 3 is 2.44 bits per heavy atom. The van der Waals surface area contributed by atoms with E-state index in [4.69, 9.17) is 4.42 Å². The van der Waals surface area contributed by atoms with Crippen molar-refractivity contribution in [2.75, 3.05) is 16.2 Å². The minimum absolute atomic E-state index is 0.00261. The highest BCUT2D eigenvalue weighted by molar-refractivity contribution is 7.92. The van der Waals surface area contributed by atoms with Crippen LogP contribution in [0, 0.1) is 13.8 Å². The van der Waals surface area contributed by atoms with Gasteiger partial charge in [-0.3, -0.25) is 9.10 Å². The fourth-order valence-corrected chi connectivity index (χ4v) is 4.83. The largest absolute Gasteiger partial charge is 0.441 e. The number of nitrogens with one attached hydrogen (secondary N) is 1. The standard InChI is InChI=1S/C24H23N3O4S/c1-17-8-11-21(12-9-17)32(29,30)27(20-6-4-3-5-7-20)15-14-24(28)26-19-10-13-23-22(16-19)25-18(2)31-23/h3-13,16H,14-15H2,1-2H3,(H,26,28). The van der Waals surface area contributed by atoms with Crippen molar-refractivity contribution in [2.24, 2.45) is 0 Å². The lowest BCUT2D eigenvalue weighted by Gasteiger charge is -2.24. The molecule has 32 heavy (non-hydrogen) atoms. The first-order valence-electron chi connectivity index (χ1n) is 10.1. The maximum atomic E-state index is 13.3. The smallest absolute Gasteiger partial charge is 0.264 e. The maximum absolute atomic E-state index is 13.3. The summed E-state index contributed by atoms with van der Waals surface area (Å²) in [6.07, 6.45) is -0.0180. The topological polar surface area (TPSA) is 92.5 Å². The lowest BCUT2D eigenvalue weighted by molar-refractivity contribution is -0.116. The van der Waals surface area contributed by atoms with Crippen molar-refractivity contribution in [1.29, 1.82) is 0 Å². The zero-order valence-electron chi connectivity index (χ0n) is 17.8. The van der Waals surface area contributed by atoms with Crippen LogP contribution in [0.25, 0.3) is 11.1 Å². The van der Waals surface area contributed by atoms with Crippen LogP contribution in [0.3, 0.4) is 0 Å². The molecule has 1 heterocycles. The fourth-order valence-electron chi connectivity index (χ4n) is 3.37. The number of oxazole rings is 1. The molecule has 0 radical (unpaired) electrons. The van der Waals surface area contributed by atoms with Crippen LogP contribution in [0.2, 0.25) is 0 Å². The van der Waals surface area contributed by atoms with Crippen LogP contribution in [0.4, 0.5) is 11.4 Å². The summed E-state index contributed by atoms with van der Waals surface area (Å²) in [4.78, 5) is 17.1. The van der Waals surface area contributed by atoms with Gasteiger partial charge in [0.25, 0.3) is 10.0 Å². The second kappa shape index (κ2) is 8.84. The Kier molecular flexibility index (Phi) is 5.96. The Balaban J connectivity index is 1.53. The number of aryl methyl sites for hydroxylation is 2. The van der Waals surface area contributed by atoms with Gasteiger partial charge in [0, 0.05) is 25.6 Å². The van der Waals surface area contributed by atoms with Crippen LogP contribution < -0.4 is 9.62 Å². The minimum atomic E-state index is -3.83. The molecule has 164 valence electrons. The Morgan fingerprint density at radius 1 is 1.00 bits per heavy atom. The number of para-hydroxylation sites is 1. The van der Waals surface area contributed by atoms with Crippen LogP contribution >= 0.6 is 0 Å². The van der Waals surface area contributed by atoms with E-state index >= 15 is 0 Å². The molecule has 8 heteroatoms. The minimum Gasteiger partial charge on any atom is -0.441 e. The zero-order valence-corrected chi connectivity index (χ0v) is 18.6. The van der Waals surface area contributed by atoms with Gasteiger partial charge in [-0.1, -0.05) is 35.9 Å². The van der Waals surface area contributed by atoms with Gasteiger partial charge >= 0.3 is 0 Å². The average molecular weight is 450 g/mol. The molecule has 0 aliphatic heterocycles. The Labute approximate surface area is 186 Å². The van der Waals surface area contributed by atoms with Gasteiger partial charge in [-0.25, -0.2) is 13.4 Å². The quantitative estimate of drug-likeness (QED) is 0.443. The summed E-state index contributed by atoms with van der Waals surface area (Å²) in [7, 11) is -3.83. The number of benzene rings is 3. The molecule has 4 rings (SSSR count). The molecule has 1 amide bonds. The average Bonchev–Trinajstić information content (AvgIpc) is 3.14. The van der Waals surface area contributed by atoms with Gasteiger partial charge in [0.15, 0.2) is 11.5 Å². The van der Waals surface area contributed by atoms with E-state index in [1.54, 1.807) is 73.7 Å². The van der Waals surface area contributed by atoms with Crippen LogP contribution in [0.15, 0.2) is 82.1 Å². The number of anilines is 2. The Bertz CT molecular complexity index is 1350. The number of nitrogens with zero attached hydrogens (tertiary/aromatic N) is 2. The predicted octanol–water partition coefficient (Wildman–Crippen LogP) is 4.67. The molecule has 0 atom stereocenters. The van der Waals surface area contributed by atoms with E-state index in [0.717, 1.165) is 5.56 Å². The molecule has 0 unspecified atom stereocenters. The van der Waals surface area contributed by atoms with Gasteiger partial charge in [-0.2, -0.15) is 0 Å². The van der Waals surface area contributed by atoms with E-state index in [9.17, 15) is 13.2 Å². The monoisotopic (exact) mass is 449 g/mol. The van der Waals surface area contributed by atoms with Crippen LogP contribution in [-0.4, -0.2) is 25.9 Å². The number of hydrogen-bond acceptors (Lipinski definition) is 5. The van der Waals surface area contributed by atoms with Gasteiger partial charge in [-0.05, 0) is 49.4 Å². The van der Waals surface area contributed by atoms with E-state index in [2.05, 4.69) is 10.3 Å². The SMILES string of the molecule is Cc1ccc(S(=O)(=O)N(CCC(=O)Nc2ccc3oc(C)nc3c2)c2ccccc2)cc1. The van der Waals surface area contributed by atoms with Gasteiger partial charge in [0.05, 0.1) is 10.6 Å². The highest BCUT2D eigenvalue weighted by atomic mass is 32.2. The van der Waals surface area contributed by atoms with E-state index < -0.39 is 10.0 Å². The molecule has 1 N–H and O–H groups in total.